The molecule has 0 heterocycles. The predicted octanol–water partition coefficient (Wildman–Crippen LogP) is 3.76. The van der Waals surface area contributed by atoms with Crippen LogP contribution in [0.1, 0.15) is 40.5 Å². The summed E-state index contributed by atoms with van der Waals surface area (Å²) in [6.45, 7) is 12.6. The van der Waals surface area contributed by atoms with Gasteiger partial charge in [0.15, 0.2) is 5.78 Å². The highest BCUT2D eigenvalue weighted by molar-refractivity contribution is 5.94. The molecule has 84 valence electrons. The van der Waals surface area contributed by atoms with Crippen molar-refractivity contribution >= 4 is 5.78 Å². The van der Waals surface area contributed by atoms with Crippen LogP contribution < -0.4 is 0 Å². The van der Waals surface area contributed by atoms with E-state index < -0.39 is 0 Å². The second-order valence-electron chi connectivity index (χ2n) is 5.50. The summed E-state index contributed by atoms with van der Waals surface area (Å²) in [5.41, 5.74) is 1.17. The maximum absolute atomic E-state index is 12.0. The van der Waals surface area contributed by atoms with E-state index in [2.05, 4.69) is 27.4 Å². The Balaban J connectivity index is 2.94. The van der Waals surface area contributed by atoms with Gasteiger partial charge < -0.3 is 0 Å². The van der Waals surface area contributed by atoms with Crippen molar-refractivity contribution < 1.29 is 4.79 Å². The molecule has 1 nitrogen and oxygen atoms in total. The molecule has 0 unspecified atom stereocenters. The lowest BCUT2D eigenvalue weighted by Crippen LogP contribution is -2.37. The van der Waals surface area contributed by atoms with Crippen LogP contribution in [0, 0.1) is 17.3 Å². The molecule has 0 N–H and O–H groups in total. The van der Waals surface area contributed by atoms with Crippen LogP contribution in [-0.2, 0) is 4.79 Å². The van der Waals surface area contributed by atoms with E-state index in [1.54, 1.807) is 6.08 Å². The van der Waals surface area contributed by atoms with Gasteiger partial charge in [-0.3, -0.25) is 4.79 Å². The summed E-state index contributed by atoms with van der Waals surface area (Å²) in [6.07, 6.45) is 5.62. The van der Waals surface area contributed by atoms with Crippen molar-refractivity contribution in [1.82, 2.24) is 0 Å². The van der Waals surface area contributed by atoms with Crippen molar-refractivity contribution in [3.05, 3.63) is 24.3 Å². The van der Waals surface area contributed by atoms with Crippen LogP contribution >= 0.6 is 0 Å². The first-order valence-corrected chi connectivity index (χ1v) is 5.72. The number of ketones is 1. The molecule has 0 bridgehead atoms. The molecule has 1 aliphatic carbocycles. The first kappa shape index (κ1) is 12.2. The third kappa shape index (κ3) is 2.58. The Morgan fingerprint density at radius 2 is 2.13 bits per heavy atom. The monoisotopic (exact) mass is 206 g/mol. The minimum Gasteiger partial charge on any atom is -0.294 e. The maximum Gasteiger partial charge on any atom is 0.162 e. The summed E-state index contributed by atoms with van der Waals surface area (Å²) < 4.78 is 0. The van der Waals surface area contributed by atoms with E-state index in [1.807, 2.05) is 13.0 Å². The molecule has 15 heavy (non-hydrogen) atoms. The van der Waals surface area contributed by atoms with E-state index >= 15 is 0 Å². The summed E-state index contributed by atoms with van der Waals surface area (Å²) in [6, 6.07) is 0. The molecule has 1 aliphatic rings. The van der Waals surface area contributed by atoms with Gasteiger partial charge in [-0.2, -0.15) is 0 Å². The molecule has 0 amide bonds. The summed E-state index contributed by atoms with van der Waals surface area (Å²) in [5.74, 6) is 0.895. The number of carbonyl (C=O) groups is 1. The van der Waals surface area contributed by atoms with Crippen LogP contribution in [0.5, 0.6) is 0 Å². The van der Waals surface area contributed by atoms with Crippen LogP contribution in [0.25, 0.3) is 0 Å². The highest BCUT2D eigenvalue weighted by Gasteiger charge is 2.40. The summed E-state index contributed by atoms with van der Waals surface area (Å²) in [7, 11) is 0. The van der Waals surface area contributed by atoms with Crippen LogP contribution in [-0.4, -0.2) is 5.78 Å². The van der Waals surface area contributed by atoms with Crippen molar-refractivity contribution in [2.24, 2.45) is 17.3 Å². The van der Waals surface area contributed by atoms with Gasteiger partial charge >= 0.3 is 0 Å². The van der Waals surface area contributed by atoms with Crippen molar-refractivity contribution in [2.45, 2.75) is 40.5 Å². The Bertz CT molecular complexity index is 296. The van der Waals surface area contributed by atoms with Gasteiger partial charge in [0.1, 0.15) is 0 Å². The third-order valence-electron chi connectivity index (χ3n) is 3.29. The number of hydrogen-bond acceptors (Lipinski definition) is 1. The van der Waals surface area contributed by atoms with Gasteiger partial charge in [0.25, 0.3) is 0 Å². The average molecular weight is 206 g/mol. The van der Waals surface area contributed by atoms with E-state index in [9.17, 15) is 4.79 Å². The van der Waals surface area contributed by atoms with Gasteiger partial charge in [0, 0.05) is 5.92 Å². The summed E-state index contributed by atoms with van der Waals surface area (Å²) in [4.78, 5) is 12.0. The van der Waals surface area contributed by atoms with Gasteiger partial charge in [-0.1, -0.05) is 39.0 Å². The van der Waals surface area contributed by atoms with Crippen LogP contribution in [0.3, 0.4) is 0 Å². The number of hydrogen-bond donors (Lipinski definition) is 0. The van der Waals surface area contributed by atoms with Gasteiger partial charge in [0.05, 0.1) is 0 Å². The lowest BCUT2D eigenvalue weighted by molar-refractivity contribution is -0.121. The molecule has 0 radical (unpaired) electrons. The molecule has 0 saturated heterocycles. The SMILES string of the molecule is C=C1C[C@@H](C)CC(C)(C)[C@@H]1C(=O)C=CC. The number of rotatable bonds is 2. The fourth-order valence-corrected chi connectivity index (χ4v) is 3.05. The zero-order valence-corrected chi connectivity index (χ0v) is 10.3. The fraction of sp³-hybridized carbons (Fsp3) is 0.643. The van der Waals surface area contributed by atoms with E-state index in [0.29, 0.717) is 5.92 Å². The smallest absolute Gasteiger partial charge is 0.162 e. The Hall–Kier alpha value is -0.850. The Morgan fingerprint density at radius 1 is 1.53 bits per heavy atom. The lowest BCUT2D eigenvalue weighted by Gasteiger charge is -2.41. The average Bonchev–Trinajstić information content (AvgIpc) is 1.99. The fourth-order valence-electron chi connectivity index (χ4n) is 3.05. The van der Waals surface area contributed by atoms with E-state index in [0.717, 1.165) is 18.4 Å². The lowest BCUT2D eigenvalue weighted by atomic mass is 9.62. The van der Waals surface area contributed by atoms with Crippen molar-refractivity contribution in [1.29, 1.82) is 0 Å². The normalized spacial score (nSPS) is 30.8. The van der Waals surface area contributed by atoms with Gasteiger partial charge in [-0.05, 0) is 37.2 Å². The molecule has 1 rings (SSSR count). The van der Waals surface area contributed by atoms with Crippen LogP contribution in [0.2, 0.25) is 0 Å². The quantitative estimate of drug-likeness (QED) is 0.496. The molecule has 0 aliphatic heterocycles. The van der Waals surface area contributed by atoms with Gasteiger partial charge in [0.2, 0.25) is 0 Å². The standard InChI is InChI=1S/C14H22O/c1-6-7-12(15)13-11(3)8-10(2)9-14(13,4)5/h6-7,10,13H,3,8-9H2,1-2,4-5H3/t10-,13+/m1/s1. The maximum atomic E-state index is 12.0. The third-order valence-corrected chi connectivity index (χ3v) is 3.29. The molecule has 2 atom stereocenters. The van der Waals surface area contributed by atoms with Crippen molar-refractivity contribution in [2.75, 3.05) is 0 Å². The first-order chi connectivity index (χ1) is 6.88. The van der Waals surface area contributed by atoms with Crippen molar-refractivity contribution in [3.8, 4) is 0 Å². The Morgan fingerprint density at radius 3 is 2.60 bits per heavy atom. The molecule has 1 fully saturated rings. The minimum atomic E-state index is 0.0184. The predicted molar refractivity (Wildman–Crippen MR) is 64.6 cm³/mol. The first-order valence-electron chi connectivity index (χ1n) is 5.72. The second kappa shape index (κ2) is 4.34. The van der Waals surface area contributed by atoms with E-state index in [-0.39, 0.29) is 17.1 Å². The molecule has 0 aromatic carbocycles. The van der Waals surface area contributed by atoms with Crippen molar-refractivity contribution in [3.63, 3.8) is 0 Å². The zero-order valence-electron chi connectivity index (χ0n) is 10.3. The highest BCUT2D eigenvalue weighted by atomic mass is 16.1. The van der Waals surface area contributed by atoms with E-state index in [1.165, 1.54) is 0 Å². The molecular weight excluding hydrogens is 184 g/mol. The van der Waals surface area contributed by atoms with E-state index in [4.69, 9.17) is 0 Å². The minimum absolute atomic E-state index is 0.0184. The number of allylic oxidation sites excluding steroid dienone is 3. The summed E-state index contributed by atoms with van der Waals surface area (Å²) >= 11 is 0. The Kier molecular flexibility index (Phi) is 3.54. The Labute approximate surface area is 93.3 Å². The molecular formula is C14H22O. The molecule has 0 spiro atoms. The molecule has 0 aromatic rings. The van der Waals surface area contributed by atoms with Gasteiger partial charge in [-0.15, -0.1) is 0 Å². The highest BCUT2D eigenvalue weighted by Crippen LogP contribution is 2.46. The largest absolute Gasteiger partial charge is 0.294 e. The molecule has 1 saturated carbocycles. The molecule has 0 aromatic heterocycles. The second-order valence-corrected chi connectivity index (χ2v) is 5.50. The topological polar surface area (TPSA) is 17.1 Å². The van der Waals surface area contributed by atoms with Gasteiger partial charge in [-0.25, -0.2) is 0 Å². The van der Waals surface area contributed by atoms with Crippen LogP contribution in [0.15, 0.2) is 24.3 Å². The van der Waals surface area contributed by atoms with Crippen LogP contribution in [0.4, 0.5) is 0 Å². The zero-order chi connectivity index (χ0) is 11.6. The number of carbonyl (C=O) groups excluding carboxylic acids is 1. The summed E-state index contributed by atoms with van der Waals surface area (Å²) in [5, 5.41) is 0. The molecule has 1 heteroatoms.